The van der Waals surface area contributed by atoms with E-state index in [0.717, 1.165) is 0 Å². The van der Waals surface area contributed by atoms with Crippen molar-refractivity contribution in [3.8, 4) is 0 Å². The molecule has 2 aromatic carbocycles. The minimum Gasteiger partial charge on any atom is -0.318 e. The zero-order chi connectivity index (χ0) is 13.2. The van der Waals surface area contributed by atoms with E-state index < -0.39 is 17.2 Å². The van der Waals surface area contributed by atoms with Crippen LogP contribution in [0.3, 0.4) is 0 Å². The van der Waals surface area contributed by atoms with Crippen molar-refractivity contribution in [3.05, 3.63) is 71.3 Å². The van der Waals surface area contributed by atoms with Gasteiger partial charge in [0.05, 0.1) is 5.54 Å². The van der Waals surface area contributed by atoms with E-state index in [1.165, 1.54) is 12.1 Å². The van der Waals surface area contributed by atoms with Gasteiger partial charge in [-0.1, -0.05) is 43.3 Å². The highest BCUT2D eigenvalue weighted by molar-refractivity contribution is 5.39. The molecule has 0 saturated carbocycles. The molecule has 2 rings (SSSR count). The van der Waals surface area contributed by atoms with Crippen molar-refractivity contribution in [2.75, 3.05) is 0 Å². The molecule has 0 aliphatic rings. The number of halogens is 2. The highest BCUT2D eigenvalue weighted by Gasteiger charge is 2.32. The molecule has 18 heavy (non-hydrogen) atoms. The summed E-state index contributed by atoms with van der Waals surface area (Å²) in [5.41, 5.74) is 5.75. The fourth-order valence-electron chi connectivity index (χ4n) is 2.17. The van der Waals surface area contributed by atoms with Crippen molar-refractivity contribution in [2.24, 2.45) is 5.73 Å². The molecule has 2 N–H and O–H groups in total. The second-order valence-corrected chi connectivity index (χ2v) is 4.28. The third-order valence-electron chi connectivity index (χ3n) is 3.27. The molecular weight excluding hydrogens is 232 g/mol. The molecule has 3 heteroatoms. The van der Waals surface area contributed by atoms with Crippen LogP contribution in [0.5, 0.6) is 0 Å². The predicted octanol–water partition coefficient (Wildman–Crippen LogP) is 3.58. The molecule has 1 nitrogen and oxygen atoms in total. The first-order chi connectivity index (χ1) is 8.59. The van der Waals surface area contributed by atoms with Crippen molar-refractivity contribution < 1.29 is 8.78 Å². The predicted molar refractivity (Wildman–Crippen MR) is 68.1 cm³/mol. The van der Waals surface area contributed by atoms with Gasteiger partial charge in [0, 0.05) is 11.1 Å². The fraction of sp³-hybridized carbons (Fsp3) is 0.200. The van der Waals surface area contributed by atoms with Crippen LogP contribution in [0.4, 0.5) is 8.78 Å². The van der Waals surface area contributed by atoms with E-state index in [-0.39, 0.29) is 0 Å². The average molecular weight is 247 g/mol. The van der Waals surface area contributed by atoms with Crippen LogP contribution in [0, 0.1) is 11.6 Å². The first-order valence-electron chi connectivity index (χ1n) is 5.88. The van der Waals surface area contributed by atoms with Crippen LogP contribution < -0.4 is 5.73 Å². The maximum absolute atomic E-state index is 13.9. The first kappa shape index (κ1) is 12.7. The summed E-state index contributed by atoms with van der Waals surface area (Å²) in [4.78, 5) is 0. The summed E-state index contributed by atoms with van der Waals surface area (Å²) in [5, 5.41) is 0. The molecule has 0 saturated heterocycles. The Morgan fingerprint density at radius 2 is 1.28 bits per heavy atom. The smallest absolute Gasteiger partial charge is 0.128 e. The van der Waals surface area contributed by atoms with E-state index in [4.69, 9.17) is 5.73 Å². The summed E-state index contributed by atoms with van der Waals surface area (Å²) in [6.07, 6.45) is 0.412. The molecule has 0 unspecified atom stereocenters. The second-order valence-electron chi connectivity index (χ2n) is 4.28. The van der Waals surface area contributed by atoms with Crippen molar-refractivity contribution >= 4 is 0 Å². The second kappa shape index (κ2) is 4.86. The van der Waals surface area contributed by atoms with Gasteiger partial charge in [-0.25, -0.2) is 8.78 Å². The molecule has 0 aliphatic heterocycles. The molecule has 0 aliphatic carbocycles. The molecule has 0 aromatic heterocycles. The normalized spacial score (nSPS) is 11.6. The van der Waals surface area contributed by atoms with Gasteiger partial charge >= 0.3 is 0 Å². The van der Waals surface area contributed by atoms with Crippen LogP contribution >= 0.6 is 0 Å². The number of benzene rings is 2. The molecule has 0 radical (unpaired) electrons. The molecule has 2 aromatic rings. The number of nitrogens with two attached hydrogens (primary N) is 1. The number of rotatable bonds is 3. The standard InChI is InChI=1S/C15H15F2N/c1-2-15(18,11-7-3-5-9-13(11)16)12-8-4-6-10-14(12)17/h3-10H,2,18H2,1H3. The van der Waals surface area contributed by atoms with E-state index in [1.54, 1.807) is 36.4 Å². The van der Waals surface area contributed by atoms with Gasteiger partial charge in [-0.3, -0.25) is 0 Å². The Kier molecular flexibility index (Phi) is 3.43. The Morgan fingerprint density at radius 3 is 1.61 bits per heavy atom. The summed E-state index contributed by atoms with van der Waals surface area (Å²) in [5.74, 6) is -0.824. The average Bonchev–Trinajstić information content (AvgIpc) is 2.39. The molecular formula is C15H15F2N. The minimum atomic E-state index is -1.14. The lowest BCUT2D eigenvalue weighted by atomic mass is 9.81. The minimum absolute atomic E-state index is 0.317. The van der Waals surface area contributed by atoms with Gasteiger partial charge in [0.1, 0.15) is 11.6 Å². The lowest BCUT2D eigenvalue weighted by Gasteiger charge is -2.30. The molecule has 0 bridgehead atoms. The van der Waals surface area contributed by atoms with Crippen LogP contribution in [-0.2, 0) is 5.54 Å². The molecule has 0 spiro atoms. The van der Waals surface area contributed by atoms with Crippen LogP contribution in [0.2, 0.25) is 0 Å². The van der Waals surface area contributed by atoms with Crippen LogP contribution in [0.25, 0.3) is 0 Å². The highest BCUT2D eigenvalue weighted by Crippen LogP contribution is 2.33. The lowest BCUT2D eigenvalue weighted by Crippen LogP contribution is -2.39. The monoisotopic (exact) mass is 247 g/mol. The summed E-state index contributed by atoms with van der Waals surface area (Å²) < 4.78 is 27.8. The lowest BCUT2D eigenvalue weighted by molar-refractivity contribution is 0.453. The van der Waals surface area contributed by atoms with Gasteiger partial charge < -0.3 is 5.73 Å². The van der Waals surface area contributed by atoms with Crippen LogP contribution in [0.15, 0.2) is 48.5 Å². The van der Waals surface area contributed by atoms with Crippen molar-refractivity contribution in [1.82, 2.24) is 0 Å². The molecule has 0 atom stereocenters. The zero-order valence-electron chi connectivity index (χ0n) is 10.2. The quantitative estimate of drug-likeness (QED) is 0.881. The Morgan fingerprint density at radius 1 is 0.889 bits per heavy atom. The summed E-state index contributed by atoms with van der Waals surface area (Å²) in [7, 11) is 0. The third-order valence-corrected chi connectivity index (χ3v) is 3.27. The Labute approximate surface area is 105 Å². The SMILES string of the molecule is CCC(N)(c1ccccc1F)c1ccccc1F. The largest absolute Gasteiger partial charge is 0.318 e. The van der Waals surface area contributed by atoms with Crippen molar-refractivity contribution in [2.45, 2.75) is 18.9 Å². The summed E-state index contributed by atoms with van der Waals surface area (Å²) >= 11 is 0. The number of hydrogen-bond donors (Lipinski definition) is 1. The van der Waals surface area contributed by atoms with Gasteiger partial charge in [0.15, 0.2) is 0 Å². The van der Waals surface area contributed by atoms with Gasteiger partial charge in [-0.2, -0.15) is 0 Å². The van der Waals surface area contributed by atoms with Gasteiger partial charge in [0.25, 0.3) is 0 Å². The molecule has 0 fully saturated rings. The van der Waals surface area contributed by atoms with Crippen LogP contribution in [-0.4, -0.2) is 0 Å². The van der Waals surface area contributed by atoms with E-state index in [0.29, 0.717) is 17.5 Å². The van der Waals surface area contributed by atoms with Crippen molar-refractivity contribution in [3.63, 3.8) is 0 Å². The van der Waals surface area contributed by atoms with Gasteiger partial charge in [-0.05, 0) is 18.6 Å². The van der Waals surface area contributed by atoms with Gasteiger partial charge in [0.2, 0.25) is 0 Å². The summed E-state index contributed by atoms with van der Waals surface area (Å²) in [6, 6.07) is 12.5. The summed E-state index contributed by atoms with van der Waals surface area (Å²) in [6.45, 7) is 1.82. The van der Waals surface area contributed by atoms with E-state index >= 15 is 0 Å². The maximum atomic E-state index is 13.9. The highest BCUT2D eigenvalue weighted by atomic mass is 19.1. The third kappa shape index (κ3) is 2.02. The zero-order valence-corrected chi connectivity index (χ0v) is 10.2. The van der Waals surface area contributed by atoms with E-state index in [1.807, 2.05) is 6.92 Å². The molecule has 94 valence electrons. The molecule has 0 heterocycles. The Bertz CT molecular complexity index is 506. The maximum Gasteiger partial charge on any atom is 0.128 e. The van der Waals surface area contributed by atoms with Crippen molar-refractivity contribution in [1.29, 1.82) is 0 Å². The van der Waals surface area contributed by atoms with E-state index in [9.17, 15) is 8.78 Å². The van der Waals surface area contributed by atoms with Gasteiger partial charge in [-0.15, -0.1) is 0 Å². The van der Waals surface area contributed by atoms with Crippen LogP contribution in [0.1, 0.15) is 24.5 Å². The van der Waals surface area contributed by atoms with E-state index in [2.05, 4.69) is 0 Å². The molecule has 0 amide bonds. The Balaban J connectivity index is 2.63. The number of hydrogen-bond acceptors (Lipinski definition) is 1. The Hall–Kier alpha value is -1.74. The topological polar surface area (TPSA) is 26.0 Å². The first-order valence-corrected chi connectivity index (χ1v) is 5.88. The fourth-order valence-corrected chi connectivity index (χ4v) is 2.17.